The van der Waals surface area contributed by atoms with Gasteiger partial charge in [-0.05, 0) is 48.5 Å². The van der Waals surface area contributed by atoms with Crippen LogP contribution in [0.4, 0.5) is 4.39 Å². The van der Waals surface area contributed by atoms with Crippen LogP contribution in [0.3, 0.4) is 0 Å². The van der Waals surface area contributed by atoms with Crippen LogP contribution in [0.25, 0.3) is 27.8 Å². The zero-order valence-corrected chi connectivity index (χ0v) is 11.7. The summed E-state index contributed by atoms with van der Waals surface area (Å²) in [6, 6.07) is 17.9. The number of benzene rings is 2. The molecule has 4 heteroatoms. The van der Waals surface area contributed by atoms with Gasteiger partial charge in [0.2, 0.25) is 0 Å². The number of nitrogens with zero attached hydrogens (tertiary/aromatic N) is 2. The van der Waals surface area contributed by atoms with Crippen LogP contribution in [0.15, 0.2) is 60.7 Å². The lowest BCUT2D eigenvalue weighted by Crippen LogP contribution is -1.95. The van der Waals surface area contributed by atoms with Crippen LogP contribution in [-0.4, -0.2) is 9.38 Å². The number of para-hydroxylation sites is 2. The van der Waals surface area contributed by atoms with Crippen LogP contribution in [0, 0.1) is 5.82 Å². The van der Waals surface area contributed by atoms with Crippen molar-refractivity contribution in [3.8, 4) is 11.3 Å². The quantitative estimate of drug-likeness (QED) is 0.486. The minimum Gasteiger partial charge on any atom is -0.296 e. The molecule has 2 nitrogen and oxygen atoms in total. The summed E-state index contributed by atoms with van der Waals surface area (Å²) in [5.41, 5.74) is 4.36. The Morgan fingerprint density at radius 3 is 2.43 bits per heavy atom. The van der Waals surface area contributed by atoms with E-state index in [0.717, 1.165) is 27.8 Å². The third-order valence-corrected chi connectivity index (χ3v) is 3.84. The molecule has 2 heterocycles. The normalized spacial score (nSPS) is 11.3. The maximum atomic E-state index is 13.1. The third kappa shape index (κ3) is 1.89. The van der Waals surface area contributed by atoms with Crippen LogP contribution in [0.5, 0.6) is 0 Å². The number of aromatic nitrogens is 2. The van der Waals surface area contributed by atoms with Crippen LogP contribution in [0.1, 0.15) is 0 Å². The predicted octanol–water partition coefficient (Wildman–Crippen LogP) is 4.95. The number of hydrogen-bond acceptors (Lipinski definition) is 1. The Morgan fingerprint density at radius 1 is 0.857 bits per heavy atom. The predicted molar refractivity (Wildman–Crippen MR) is 83.1 cm³/mol. The van der Waals surface area contributed by atoms with Gasteiger partial charge in [0, 0.05) is 5.56 Å². The second kappa shape index (κ2) is 4.57. The van der Waals surface area contributed by atoms with E-state index in [1.807, 2.05) is 40.8 Å². The molecule has 0 unspecified atom stereocenters. The van der Waals surface area contributed by atoms with E-state index in [1.54, 1.807) is 12.1 Å². The number of fused-ring (bicyclic) bond motifs is 3. The Bertz CT molecular complexity index is 958. The molecule has 2 aromatic heterocycles. The molecule has 2 aromatic carbocycles. The first-order chi connectivity index (χ1) is 10.2. The van der Waals surface area contributed by atoms with Crippen molar-refractivity contribution in [3.63, 3.8) is 0 Å². The first kappa shape index (κ1) is 12.4. The van der Waals surface area contributed by atoms with E-state index in [2.05, 4.69) is 0 Å². The molecule has 21 heavy (non-hydrogen) atoms. The second-order valence-electron chi connectivity index (χ2n) is 4.83. The van der Waals surface area contributed by atoms with Crippen molar-refractivity contribution in [1.29, 1.82) is 0 Å². The van der Waals surface area contributed by atoms with Gasteiger partial charge in [-0.3, -0.25) is 4.40 Å². The number of halogens is 2. The molecular weight excluding hydrogens is 287 g/mol. The van der Waals surface area contributed by atoms with Gasteiger partial charge in [-0.15, -0.1) is 0 Å². The van der Waals surface area contributed by atoms with E-state index < -0.39 is 0 Å². The summed E-state index contributed by atoms with van der Waals surface area (Å²) in [6.07, 6.45) is 0. The molecule has 0 aliphatic heterocycles. The summed E-state index contributed by atoms with van der Waals surface area (Å²) >= 11 is 6.31. The van der Waals surface area contributed by atoms with Gasteiger partial charge in [-0.25, -0.2) is 9.37 Å². The van der Waals surface area contributed by atoms with Crippen molar-refractivity contribution in [2.75, 3.05) is 0 Å². The van der Waals surface area contributed by atoms with Crippen LogP contribution in [-0.2, 0) is 0 Å². The second-order valence-corrected chi connectivity index (χ2v) is 5.22. The van der Waals surface area contributed by atoms with E-state index in [-0.39, 0.29) is 5.82 Å². The summed E-state index contributed by atoms with van der Waals surface area (Å²) in [7, 11) is 0. The SMILES string of the molecule is Fc1ccc(-c2nc3ccccc3n3c(Cl)ccc23)cc1. The van der Waals surface area contributed by atoms with Gasteiger partial charge in [-0.1, -0.05) is 23.7 Å². The summed E-state index contributed by atoms with van der Waals surface area (Å²) in [4.78, 5) is 4.71. The summed E-state index contributed by atoms with van der Waals surface area (Å²) in [5, 5.41) is 0.631. The molecule has 0 spiro atoms. The first-order valence-electron chi connectivity index (χ1n) is 6.56. The Balaban J connectivity index is 2.14. The van der Waals surface area contributed by atoms with Gasteiger partial charge in [0.15, 0.2) is 0 Å². The fraction of sp³-hybridized carbons (Fsp3) is 0. The van der Waals surface area contributed by atoms with Crippen molar-refractivity contribution in [3.05, 3.63) is 71.6 Å². The van der Waals surface area contributed by atoms with Gasteiger partial charge < -0.3 is 0 Å². The van der Waals surface area contributed by atoms with Gasteiger partial charge in [0.25, 0.3) is 0 Å². The number of rotatable bonds is 1. The van der Waals surface area contributed by atoms with E-state index >= 15 is 0 Å². The molecule has 0 bridgehead atoms. The fourth-order valence-electron chi connectivity index (χ4n) is 2.59. The van der Waals surface area contributed by atoms with Gasteiger partial charge >= 0.3 is 0 Å². The minimum atomic E-state index is -0.260. The topological polar surface area (TPSA) is 17.3 Å². The lowest BCUT2D eigenvalue weighted by Gasteiger charge is -2.09. The smallest absolute Gasteiger partial charge is 0.123 e. The molecule has 0 saturated carbocycles. The van der Waals surface area contributed by atoms with E-state index in [1.165, 1.54) is 12.1 Å². The Kier molecular flexibility index (Phi) is 2.69. The van der Waals surface area contributed by atoms with Crippen molar-refractivity contribution in [2.24, 2.45) is 0 Å². The average molecular weight is 297 g/mol. The number of hydrogen-bond donors (Lipinski definition) is 0. The fourth-order valence-corrected chi connectivity index (χ4v) is 2.83. The molecule has 0 atom stereocenters. The lowest BCUT2D eigenvalue weighted by atomic mass is 10.1. The maximum absolute atomic E-state index is 13.1. The molecule has 4 aromatic rings. The van der Waals surface area contributed by atoms with Crippen LogP contribution in [0.2, 0.25) is 5.15 Å². The Labute approximate surface area is 125 Å². The lowest BCUT2D eigenvalue weighted by molar-refractivity contribution is 0.628. The zero-order chi connectivity index (χ0) is 14.4. The first-order valence-corrected chi connectivity index (χ1v) is 6.93. The van der Waals surface area contributed by atoms with Crippen LogP contribution >= 0.6 is 11.6 Å². The largest absolute Gasteiger partial charge is 0.296 e. The van der Waals surface area contributed by atoms with Gasteiger partial charge in [-0.2, -0.15) is 0 Å². The van der Waals surface area contributed by atoms with E-state index in [4.69, 9.17) is 16.6 Å². The molecule has 0 aliphatic carbocycles. The molecule has 0 fully saturated rings. The molecule has 0 radical (unpaired) electrons. The molecule has 4 rings (SSSR count). The highest BCUT2D eigenvalue weighted by Gasteiger charge is 2.12. The zero-order valence-electron chi connectivity index (χ0n) is 10.9. The van der Waals surface area contributed by atoms with E-state index in [9.17, 15) is 4.39 Å². The van der Waals surface area contributed by atoms with Crippen molar-refractivity contribution in [1.82, 2.24) is 9.38 Å². The molecule has 102 valence electrons. The maximum Gasteiger partial charge on any atom is 0.123 e. The monoisotopic (exact) mass is 296 g/mol. The minimum absolute atomic E-state index is 0.260. The van der Waals surface area contributed by atoms with E-state index in [0.29, 0.717) is 5.15 Å². The summed E-state index contributed by atoms with van der Waals surface area (Å²) in [5.74, 6) is -0.260. The Morgan fingerprint density at radius 2 is 1.62 bits per heavy atom. The highest BCUT2D eigenvalue weighted by molar-refractivity contribution is 6.30. The van der Waals surface area contributed by atoms with Crippen molar-refractivity contribution in [2.45, 2.75) is 0 Å². The van der Waals surface area contributed by atoms with Gasteiger partial charge in [0.05, 0.1) is 22.2 Å². The molecule has 0 saturated heterocycles. The standard InChI is InChI=1S/C17H10ClFN2/c18-16-10-9-15-17(11-5-7-12(19)8-6-11)20-13-3-1-2-4-14(13)21(15)16/h1-10H. The summed E-state index contributed by atoms with van der Waals surface area (Å²) < 4.78 is 15.1. The van der Waals surface area contributed by atoms with Crippen molar-refractivity contribution < 1.29 is 4.39 Å². The van der Waals surface area contributed by atoms with Crippen LogP contribution < -0.4 is 0 Å². The average Bonchev–Trinajstić information content (AvgIpc) is 2.90. The summed E-state index contributed by atoms with van der Waals surface area (Å²) in [6.45, 7) is 0. The highest BCUT2D eigenvalue weighted by atomic mass is 35.5. The molecular formula is C17H10ClFN2. The van der Waals surface area contributed by atoms with Gasteiger partial charge in [0.1, 0.15) is 11.0 Å². The molecule has 0 N–H and O–H groups in total. The third-order valence-electron chi connectivity index (χ3n) is 3.55. The van der Waals surface area contributed by atoms with Crippen molar-refractivity contribution >= 4 is 28.2 Å². The Hall–Kier alpha value is -2.39. The highest BCUT2D eigenvalue weighted by Crippen LogP contribution is 2.30. The molecule has 0 aliphatic rings. The molecule has 0 amide bonds.